The molecule has 0 unspecified atom stereocenters. The average Bonchev–Trinajstić information content (AvgIpc) is 2.93. The number of benzene rings is 2. The largest absolute Gasteiger partial charge is 0.417 e. The smallest absolute Gasteiger partial charge is 0.408 e. The number of hydrogen-bond acceptors (Lipinski definition) is 3. The summed E-state index contributed by atoms with van der Waals surface area (Å²) in [6.45, 7) is 1.00. The second-order valence-corrected chi connectivity index (χ2v) is 5.19. The highest BCUT2D eigenvalue weighted by atomic mass is 16.4. The van der Waals surface area contributed by atoms with E-state index in [0.717, 1.165) is 11.1 Å². The highest BCUT2D eigenvalue weighted by Crippen LogP contribution is 2.12. The molecule has 1 aromatic heterocycles. The predicted molar refractivity (Wildman–Crippen MR) is 87.2 cm³/mol. The molecule has 0 saturated carbocycles. The molecule has 0 saturated heterocycles. The molecule has 0 spiro atoms. The number of amides is 2. The van der Waals surface area contributed by atoms with Crippen molar-refractivity contribution in [3.8, 4) is 0 Å². The van der Waals surface area contributed by atoms with E-state index in [1.165, 1.54) is 0 Å². The second-order valence-electron chi connectivity index (χ2n) is 5.19. The van der Waals surface area contributed by atoms with E-state index < -0.39 is 5.76 Å². The number of aromatic nitrogens is 1. The first-order chi connectivity index (χ1) is 11.2. The second kappa shape index (κ2) is 6.83. The highest BCUT2D eigenvalue weighted by molar-refractivity contribution is 5.74. The fourth-order valence-electron chi connectivity index (χ4n) is 2.32. The van der Waals surface area contributed by atoms with Gasteiger partial charge in [0.1, 0.15) is 0 Å². The lowest BCUT2D eigenvalue weighted by Crippen LogP contribution is -2.36. The molecule has 6 heteroatoms. The average molecular weight is 311 g/mol. The Morgan fingerprint density at radius 3 is 2.70 bits per heavy atom. The third-order valence-electron chi connectivity index (χ3n) is 3.48. The van der Waals surface area contributed by atoms with Crippen LogP contribution >= 0.6 is 0 Å². The molecular formula is C17H17N3O3. The fraction of sp³-hybridized carbons (Fsp3) is 0.176. The third kappa shape index (κ3) is 4.00. The lowest BCUT2D eigenvalue weighted by Gasteiger charge is -2.07. The predicted octanol–water partition coefficient (Wildman–Crippen LogP) is 2.16. The molecular weight excluding hydrogens is 294 g/mol. The number of urea groups is 1. The van der Waals surface area contributed by atoms with E-state index in [1.54, 1.807) is 6.07 Å². The monoisotopic (exact) mass is 311 g/mol. The van der Waals surface area contributed by atoms with Crippen molar-refractivity contribution in [2.24, 2.45) is 0 Å². The molecule has 6 nitrogen and oxygen atoms in total. The van der Waals surface area contributed by atoms with Crippen LogP contribution in [0.5, 0.6) is 0 Å². The molecule has 0 bridgehead atoms. The van der Waals surface area contributed by atoms with Gasteiger partial charge in [-0.15, -0.1) is 0 Å². The Hall–Kier alpha value is -3.02. The van der Waals surface area contributed by atoms with Crippen LogP contribution in [0.3, 0.4) is 0 Å². The molecule has 118 valence electrons. The van der Waals surface area contributed by atoms with Crippen LogP contribution in [0.1, 0.15) is 11.1 Å². The number of rotatable bonds is 5. The summed E-state index contributed by atoms with van der Waals surface area (Å²) in [5, 5.41) is 5.61. The van der Waals surface area contributed by atoms with Gasteiger partial charge in [-0.3, -0.25) is 4.98 Å². The van der Waals surface area contributed by atoms with Gasteiger partial charge >= 0.3 is 11.8 Å². The first-order valence-corrected chi connectivity index (χ1v) is 7.38. The SMILES string of the molecule is O=C(NCCc1ccc2oc(=O)[nH]c2c1)NCc1ccccc1. The van der Waals surface area contributed by atoms with Crippen molar-refractivity contribution < 1.29 is 9.21 Å². The van der Waals surface area contributed by atoms with E-state index >= 15 is 0 Å². The molecule has 3 N–H and O–H groups in total. The maximum atomic E-state index is 11.7. The highest BCUT2D eigenvalue weighted by Gasteiger charge is 2.03. The van der Waals surface area contributed by atoms with Gasteiger partial charge < -0.3 is 15.1 Å². The first-order valence-electron chi connectivity index (χ1n) is 7.38. The van der Waals surface area contributed by atoms with E-state index in [0.29, 0.717) is 30.6 Å². The number of carbonyl (C=O) groups is 1. The van der Waals surface area contributed by atoms with E-state index in [-0.39, 0.29) is 6.03 Å². The van der Waals surface area contributed by atoms with Gasteiger partial charge in [0, 0.05) is 13.1 Å². The van der Waals surface area contributed by atoms with Crippen molar-refractivity contribution in [1.29, 1.82) is 0 Å². The maximum absolute atomic E-state index is 11.7. The van der Waals surface area contributed by atoms with Crippen molar-refractivity contribution in [1.82, 2.24) is 15.6 Å². The summed E-state index contributed by atoms with van der Waals surface area (Å²) in [7, 11) is 0. The first kappa shape index (κ1) is 14.9. The molecule has 23 heavy (non-hydrogen) atoms. The maximum Gasteiger partial charge on any atom is 0.417 e. The number of nitrogens with one attached hydrogen (secondary N) is 3. The van der Waals surface area contributed by atoms with Crippen molar-refractivity contribution in [2.75, 3.05) is 6.54 Å². The molecule has 0 aliphatic heterocycles. The standard InChI is InChI=1S/C17H17N3O3/c21-16(19-11-13-4-2-1-3-5-13)18-9-8-12-6-7-15-14(10-12)20-17(22)23-15/h1-7,10H,8-9,11H2,(H,20,22)(H2,18,19,21). The van der Waals surface area contributed by atoms with Crippen LogP contribution in [-0.4, -0.2) is 17.6 Å². The van der Waals surface area contributed by atoms with Gasteiger partial charge in [0.25, 0.3) is 0 Å². The number of oxazole rings is 1. The molecule has 0 aliphatic rings. The summed E-state index contributed by atoms with van der Waals surface area (Å²) in [5.41, 5.74) is 3.27. The molecule has 3 aromatic rings. The zero-order chi connectivity index (χ0) is 16.1. The summed E-state index contributed by atoms with van der Waals surface area (Å²) < 4.78 is 4.95. The fourth-order valence-corrected chi connectivity index (χ4v) is 2.32. The summed E-state index contributed by atoms with van der Waals surface area (Å²) in [5.74, 6) is -0.462. The Labute approximate surface area is 132 Å². The molecule has 0 fully saturated rings. The van der Waals surface area contributed by atoms with E-state index in [2.05, 4.69) is 15.6 Å². The Morgan fingerprint density at radius 1 is 1.04 bits per heavy atom. The third-order valence-corrected chi connectivity index (χ3v) is 3.48. The normalized spacial score (nSPS) is 10.6. The lowest BCUT2D eigenvalue weighted by atomic mass is 10.1. The minimum absolute atomic E-state index is 0.202. The van der Waals surface area contributed by atoms with Crippen LogP contribution in [0.25, 0.3) is 11.1 Å². The topological polar surface area (TPSA) is 87.1 Å². The van der Waals surface area contributed by atoms with Crippen LogP contribution in [0, 0.1) is 0 Å². The van der Waals surface area contributed by atoms with Crippen LogP contribution in [0.2, 0.25) is 0 Å². The number of aromatic amines is 1. The number of carbonyl (C=O) groups excluding carboxylic acids is 1. The Kier molecular flexibility index (Phi) is 4.42. The van der Waals surface area contributed by atoms with Gasteiger partial charge in [-0.25, -0.2) is 9.59 Å². The lowest BCUT2D eigenvalue weighted by molar-refractivity contribution is 0.240. The molecule has 1 heterocycles. The zero-order valence-corrected chi connectivity index (χ0v) is 12.5. The molecule has 0 aliphatic carbocycles. The van der Waals surface area contributed by atoms with Crippen molar-refractivity contribution in [2.45, 2.75) is 13.0 Å². The molecule has 2 aromatic carbocycles. The summed E-state index contributed by atoms with van der Waals surface area (Å²) >= 11 is 0. The van der Waals surface area contributed by atoms with E-state index in [4.69, 9.17) is 4.42 Å². The van der Waals surface area contributed by atoms with E-state index in [9.17, 15) is 9.59 Å². The molecule has 2 amide bonds. The summed E-state index contributed by atoms with van der Waals surface area (Å²) in [6, 6.07) is 15.0. The van der Waals surface area contributed by atoms with Gasteiger partial charge in [0.05, 0.1) is 5.52 Å². The van der Waals surface area contributed by atoms with Crippen LogP contribution in [-0.2, 0) is 13.0 Å². The summed E-state index contributed by atoms with van der Waals surface area (Å²) in [4.78, 5) is 25.5. The van der Waals surface area contributed by atoms with Crippen molar-refractivity contribution in [3.05, 3.63) is 70.2 Å². The van der Waals surface area contributed by atoms with Gasteiger partial charge in [0.15, 0.2) is 5.58 Å². The minimum atomic E-state index is -0.462. The van der Waals surface area contributed by atoms with E-state index in [1.807, 2.05) is 42.5 Å². The molecule has 0 atom stereocenters. The van der Waals surface area contributed by atoms with Gasteiger partial charge in [-0.1, -0.05) is 36.4 Å². The van der Waals surface area contributed by atoms with Crippen LogP contribution in [0.15, 0.2) is 57.7 Å². The van der Waals surface area contributed by atoms with Crippen molar-refractivity contribution in [3.63, 3.8) is 0 Å². The Morgan fingerprint density at radius 2 is 1.87 bits per heavy atom. The molecule has 0 radical (unpaired) electrons. The number of fused-ring (bicyclic) bond motifs is 1. The number of hydrogen-bond donors (Lipinski definition) is 3. The zero-order valence-electron chi connectivity index (χ0n) is 12.5. The number of H-pyrrole nitrogens is 1. The van der Waals surface area contributed by atoms with Crippen molar-refractivity contribution >= 4 is 17.1 Å². The quantitative estimate of drug-likeness (QED) is 0.675. The summed E-state index contributed by atoms with van der Waals surface area (Å²) in [6.07, 6.45) is 0.669. The Bertz CT molecular complexity index is 852. The molecule has 3 rings (SSSR count). The Balaban J connectivity index is 1.46. The minimum Gasteiger partial charge on any atom is -0.408 e. The van der Waals surface area contributed by atoms with Gasteiger partial charge in [-0.2, -0.15) is 0 Å². The van der Waals surface area contributed by atoms with Gasteiger partial charge in [-0.05, 0) is 29.7 Å². The van der Waals surface area contributed by atoms with Crippen LogP contribution in [0.4, 0.5) is 4.79 Å². The van der Waals surface area contributed by atoms with Gasteiger partial charge in [0.2, 0.25) is 0 Å². The van der Waals surface area contributed by atoms with Crippen LogP contribution < -0.4 is 16.4 Å².